The highest BCUT2D eigenvalue weighted by atomic mass is 32.1. The molecule has 0 bridgehead atoms. The number of hydrogen-bond acceptors (Lipinski definition) is 6. The first-order valence-electron chi connectivity index (χ1n) is 7.17. The summed E-state index contributed by atoms with van der Waals surface area (Å²) in [6.07, 6.45) is 0.849. The zero-order chi connectivity index (χ0) is 16.4. The summed E-state index contributed by atoms with van der Waals surface area (Å²) in [5.74, 6) is -0.720. The molecule has 0 aliphatic carbocycles. The minimum absolute atomic E-state index is 0.142. The number of morpholine rings is 1. The monoisotopic (exact) mass is 336 g/mol. The summed E-state index contributed by atoms with van der Waals surface area (Å²) < 4.78 is 6.64. The second kappa shape index (κ2) is 6.47. The third-order valence-electron chi connectivity index (χ3n) is 3.75. The molecule has 1 atom stereocenters. The molecule has 9 heteroatoms. The standard InChI is InChI=1S/C14H16N4O4S/c15-12(20)10-7-17(4-5-22-10)11(19)1-3-18-8-16-13-9(14(18)21)2-6-23-13/h2,6,8,10H,1,3-5,7H2,(H2,15,20). The predicted octanol–water partition coefficient (Wildman–Crippen LogP) is -0.439. The summed E-state index contributed by atoms with van der Waals surface area (Å²) in [4.78, 5) is 42.1. The van der Waals surface area contributed by atoms with Crippen LogP contribution in [0.25, 0.3) is 10.2 Å². The average molecular weight is 336 g/mol. The van der Waals surface area contributed by atoms with Gasteiger partial charge < -0.3 is 15.4 Å². The summed E-state index contributed by atoms with van der Waals surface area (Å²) in [6, 6.07) is 1.73. The quantitative estimate of drug-likeness (QED) is 0.814. The Morgan fingerprint density at radius 2 is 2.30 bits per heavy atom. The third kappa shape index (κ3) is 3.25. The maximum atomic E-state index is 12.2. The van der Waals surface area contributed by atoms with Crippen molar-refractivity contribution in [2.45, 2.75) is 19.1 Å². The summed E-state index contributed by atoms with van der Waals surface area (Å²) in [5.41, 5.74) is 5.05. The van der Waals surface area contributed by atoms with E-state index >= 15 is 0 Å². The molecule has 2 amide bonds. The van der Waals surface area contributed by atoms with Crippen LogP contribution in [-0.4, -0.2) is 52.1 Å². The molecule has 0 saturated carbocycles. The Morgan fingerprint density at radius 1 is 1.48 bits per heavy atom. The third-order valence-corrected chi connectivity index (χ3v) is 4.57. The van der Waals surface area contributed by atoms with E-state index in [1.165, 1.54) is 22.2 Å². The molecule has 3 heterocycles. The van der Waals surface area contributed by atoms with Crippen LogP contribution in [0.1, 0.15) is 6.42 Å². The highest BCUT2D eigenvalue weighted by molar-refractivity contribution is 7.16. The van der Waals surface area contributed by atoms with Crippen molar-refractivity contribution in [1.29, 1.82) is 0 Å². The molecule has 1 fully saturated rings. The molecular formula is C14H16N4O4S. The number of nitrogens with zero attached hydrogens (tertiary/aromatic N) is 3. The van der Waals surface area contributed by atoms with Crippen molar-refractivity contribution in [2.75, 3.05) is 19.7 Å². The van der Waals surface area contributed by atoms with Gasteiger partial charge in [-0.05, 0) is 11.4 Å². The van der Waals surface area contributed by atoms with Gasteiger partial charge in [-0.1, -0.05) is 0 Å². The van der Waals surface area contributed by atoms with Crippen molar-refractivity contribution in [3.05, 3.63) is 28.1 Å². The number of aromatic nitrogens is 2. The molecule has 1 saturated heterocycles. The number of rotatable bonds is 4. The van der Waals surface area contributed by atoms with Gasteiger partial charge in [-0.2, -0.15) is 0 Å². The Bertz CT molecular complexity index is 799. The van der Waals surface area contributed by atoms with E-state index in [-0.39, 0.29) is 37.6 Å². The molecule has 23 heavy (non-hydrogen) atoms. The van der Waals surface area contributed by atoms with Crippen LogP contribution in [0.2, 0.25) is 0 Å². The zero-order valence-corrected chi connectivity index (χ0v) is 13.1. The zero-order valence-electron chi connectivity index (χ0n) is 12.3. The number of carbonyl (C=O) groups excluding carboxylic acids is 2. The molecular weight excluding hydrogens is 320 g/mol. The first kappa shape index (κ1) is 15.6. The largest absolute Gasteiger partial charge is 0.367 e. The number of aryl methyl sites for hydroxylation is 1. The van der Waals surface area contributed by atoms with E-state index in [0.29, 0.717) is 16.8 Å². The number of nitrogens with two attached hydrogens (primary N) is 1. The molecule has 0 radical (unpaired) electrons. The van der Waals surface area contributed by atoms with Crippen LogP contribution in [0, 0.1) is 0 Å². The van der Waals surface area contributed by atoms with Gasteiger partial charge in [-0.3, -0.25) is 19.0 Å². The van der Waals surface area contributed by atoms with Crippen LogP contribution in [-0.2, 0) is 20.9 Å². The van der Waals surface area contributed by atoms with Gasteiger partial charge in [0, 0.05) is 19.5 Å². The van der Waals surface area contributed by atoms with Gasteiger partial charge in [0.05, 0.1) is 24.9 Å². The second-order valence-electron chi connectivity index (χ2n) is 5.23. The van der Waals surface area contributed by atoms with Crippen LogP contribution in [0.3, 0.4) is 0 Å². The van der Waals surface area contributed by atoms with Gasteiger partial charge in [0.2, 0.25) is 11.8 Å². The van der Waals surface area contributed by atoms with Crippen molar-refractivity contribution in [1.82, 2.24) is 14.5 Å². The van der Waals surface area contributed by atoms with E-state index < -0.39 is 12.0 Å². The second-order valence-corrected chi connectivity index (χ2v) is 6.13. The normalized spacial score (nSPS) is 18.3. The fraction of sp³-hybridized carbons (Fsp3) is 0.429. The number of hydrogen-bond donors (Lipinski definition) is 1. The number of primary amides is 1. The SMILES string of the molecule is NC(=O)C1CN(C(=O)CCn2cnc3sccc3c2=O)CCO1. The van der Waals surface area contributed by atoms with Crippen LogP contribution >= 0.6 is 11.3 Å². The lowest BCUT2D eigenvalue weighted by Gasteiger charge is -2.31. The number of thiophene rings is 1. The lowest BCUT2D eigenvalue weighted by molar-refractivity contribution is -0.145. The van der Waals surface area contributed by atoms with Crippen LogP contribution in [0.5, 0.6) is 0 Å². The topological polar surface area (TPSA) is 108 Å². The maximum absolute atomic E-state index is 12.2. The summed E-state index contributed by atoms with van der Waals surface area (Å²) in [5, 5.41) is 2.37. The lowest BCUT2D eigenvalue weighted by atomic mass is 10.2. The number of amides is 2. The Morgan fingerprint density at radius 3 is 3.09 bits per heavy atom. The molecule has 1 unspecified atom stereocenters. The lowest BCUT2D eigenvalue weighted by Crippen LogP contribution is -2.50. The molecule has 3 rings (SSSR count). The summed E-state index contributed by atoms with van der Waals surface area (Å²) in [7, 11) is 0. The van der Waals surface area contributed by atoms with Crippen LogP contribution in [0.15, 0.2) is 22.6 Å². The van der Waals surface area contributed by atoms with Crippen molar-refractivity contribution < 1.29 is 14.3 Å². The van der Waals surface area contributed by atoms with Gasteiger partial charge in [0.25, 0.3) is 5.56 Å². The predicted molar refractivity (Wildman–Crippen MR) is 84.0 cm³/mol. The van der Waals surface area contributed by atoms with E-state index in [9.17, 15) is 14.4 Å². The molecule has 8 nitrogen and oxygen atoms in total. The molecule has 0 aromatic carbocycles. The van der Waals surface area contributed by atoms with Crippen molar-refractivity contribution in [3.63, 3.8) is 0 Å². The van der Waals surface area contributed by atoms with E-state index in [2.05, 4.69) is 4.98 Å². The van der Waals surface area contributed by atoms with E-state index in [1.54, 1.807) is 11.0 Å². The van der Waals surface area contributed by atoms with Gasteiger partial charge in [0.15, 0.2) is 6.10 Å². The van der Waals surface area contributed by atoms with Gasteiger partial charge in [0.1, 0.15) is 4.83 Å². The van der Waals surface area contributed by atoms with Gasteiger partial charge in [-0.25, -0.2) is 4.98 Å². The molecule has 2 N–H and O–H groups in total. The molecule has 2 aromatic rings. The molecule has 2 aromatic heterocycles. The van der Waals surface area contributed by atoms with Crippen molar-refractivity contribution in [2.24, 2.45) is 5.73 Å². The minimum atomic E-state index is -0.765. The van der Waals surface area contributed by atoms with Crippen molar-refractivity contribution in [3.8, 4) is 0 Å². The minimum Gasteiger partial charge on any atom is -0.367 e. The molecule has 122 valence electrons. The Labute approximate surface area is 135 Å². The Kier molecular flexibility index (Phi) is 4.39. The molecule has 1 aliphatic heterocycles. The van der Waals surface area contributed by atoms with E-state index in [4.69, 9.17) is 10.5 Å². The summed E-state index contributed by atoms with van der Waals surface area (Å²) in [6.45, 7) is 1.10. The highest BCUT2D eigenvalue weighted by Gasteiger charge is 2.27. The summed E-state index contributed by atoms with van der Waals surface area (Å²) >= 11 is 1.40. The van der Waals surface area contributed by atoms with Crippen molar-refractivity contribution >= 4 is 33.4 Å². The first-order valence-corrected chi connectivity index (χ1v) is 8.05. The highest BCUT2D eigenvalue weighted by Crippen LogP contribution is 2.13. The molecule has 1 aliphatic rings. The Balaban J connectivity index is 1.65. The number of fused-ring (bicyclic) bond motifs is 1. The van der Waals surface area contributed by atoms with E-state index in [0.717, 1.165) is 0 Å². The number of ether oxygens (including phenoxy) is 1. The fourth-order valence-electron chi connectivity index (χ4n) is 2.47. The van der Waals surface area contributed by atoms with Gasteiger partial charge >= 0.3 is 0 Å². The maximum Gasteiger partial charge on any atom is 0.262 e. The smallest absolute Gasteiger partial charge is 0.262 e. The van der Waals surface area contributed by atoms with Gasteiger partial charge in [-0.15, -0.1) is 11.3 Å². The van der Waals surface area contributed by atoms with Crippen LogP contribution in [0.4, 0.5) is 0 Å². The Hall–Kier alpha value is -2.26. The fourth-order valence-corrected chi connectivity index (χ4v) is 3.20. The van der Waals surface area contributed by atoms with E-state index in [1.807, 2.05) is 5.38 Å². The van der Waals surface area contributed by atoms with Crippen LogP contribution < -0.4 is 11.3 Å². The molecule has 0 spiro atoms. The average Bonchev–Trinajstić information content (AvgIpc) is 3.03. The number of carbonyl (C=O) groups is 2. The first-order chi connectivity index (χ1) is 11.1.